The number of rotatable bonds is 4. The molecule has 0 unspecified atom stereocenters. The van der Waals surface area contributed by atoms with Crippen molar-refractivity contribution in [2.45, 2.75) is 20.8 Å². The molecular weight excluding hydrogens is 336 g/mol. The molecule has 0 saturated heterocycles. The maximum atomic E-state index is 12.8. The molecule has 0 aliphatic rings. The van der Waals surface area contributed by atoms with E-state index in [1.807, 2.05) is 57.2 Å². The van der Waals surface area contributed by atoms with E-state index in [9.17, 15) is 9.59 Å². The molecule has 0 radical (unpaired) electrons. The second-order valence-electron chi connectivity index (χ2n) is 6.59. The molecule has 4 heteroatoms. The maximum Gasteiger partial charge on any atom is 0.257 e. The highest BCUT2D eigenvalue weighted by atomic mass is 16.2. The van der Waals surface area contributed by atoms with Crippen LogP contribution in [0.1, 0.15) is 37.4 Å². The van der Waals surface area contributed by atoms with Crippen LogP contribution in [0, 0.1) is 20.8 Å². The van der Waals surface area contributed by atoms with Crippen LogP contribution in [0.25, 0.3) is 0 Å². The molecule has 4 nitrogen and oxygen atoms in total. The van der Waals surface area contributed by atoms with Gasteiger partial charge in [-0.2, -0.15) is 0 Å². The van der Waals surface area contributed by atoms with Gasteiger partial charge in [0.25, 0.3) is 11.8 Å². The van der Waals surface area contributed by atoms with Gasteiger partial charge in [0.1, 0.15) is 0 Å². The number of amides is 2. The molecule has 0 aromatic heterocycles. The van der Waals surface area contributed by atoms with Crippen molar-refractivity contribution in [3.63, 3.8) is 0 Å². The zero-order valence-electron chi connectivity index (χ0n) is 15.7. The molecule has 3 aromatic rings. The van der Waals surface area contributed by atoms with Crippen molar-refractivity contribution in [3.8, 4) is 0 Å². The highest BCUT2D eigenvalue weighted by molar-refractivity contribution is 6.12. The Morgan fingerprint density at radius 1 is 0.704 bits per heavy atom. The summed E-state index contributed by atoms with van der Waals surface area (Å²) in [7, 11) is 0. The van der Waals surface area contributed by atoms with E-state index in [0.29, 0.717) is 16.8 Å². The average molecular weight is 358 g/mol. The summed E-state index contributed by atoms with van der Waals surface area (Å²) in [6.45, 7) is 5.84. The van der Waals surface area contributed by atoms with Crippen LogP contribution in [0.2, 0.25) is 0 Å². The van der Waals surface area contributed by atoms with Crippen LogP contribution >= 0.6 is 0 Å². The Hall–Kier alpha value is -3.40. The van der Waals surface area contributed by atoms with Crippen molar-refractivity contribution in [1.82, 2.24) is 0 Å². The minimum atomic E-state index is -0.257. The monoisotopic (exact) mass is 358 g/mol. The third kappa shape index (κ3) is 4.23. The first-order valence-electron chi connectivity index (χ1n) is 8.80. The Balaban J connectivity index is 1.85. The van der Waals surface area contributed by atoms with E-state index in [-0.39, 0.29) is 11.8 Å². The van der Waals surface area contributed by atoms with Gasteiger partial charge in [-0.3, -0.25) is 9.59 Å². The van der Waals surface area contributed by atoms with Crippen LogP contribution in [0.5, 0.6) is 0 Å². The van der Waals surface area contributed by atoms with Gasteiger partial charge in [-0.25, -0.2) is 0 Å². The number of hydrogen-bond donors (Lipinski definition) is 2. The van der Waals surface area contributed by atoms with E-state index in [2.05, 4.69) is 10.6 Å². The molecule has 136 valence electrons. The van der Waals surface area contributed by atoms with E-state index in [1.165, 1.54) is 0 Å². The van der Waals surface area contributed by atoms with Gasteiger partial charge in [0.05, 0.1) is 11.3 Å². The zero-order valence-corrected chi connectivity index (χ0v) is 15.7. The number of para-hydroxylation sites is 2. The van der Waals surface area contributed by atoms with E-state index >= 15 is 0 Å². The normalized spacial score (nSPS) is 10.3. The first-order valence-corrected chi connectivity index (χ1v) is 8.80. The minimum absolute atomic E-state index is 0.244. The highest BCUT2D eigenvalue weighted by Gasteiger charge is 2.15. The Bertz CT molecular complexity index is 989. The summed E-state index contributed by atoms with van der Waals surface area (Å²) in [4.78, 5) is 25.4. The lowest BCUT2D eigenvalue weighted by atomic mass is 10.1. The molecular formula is C23H22N2O2. The molecule has 3 aromatic carbocycles. The lowest BCUT2D eigenvalue weighted by molar-refractivity contribution is 0.102. The number of nitrogens with one attached hydrogen (secondary N) is 2. The molecule has 0 spiro atoms. The maximum absolute atomic E-state index is 12.8. The topological polar surface area (TPSA) is 58.2 Å². The van der Waals surface area contributed by atoms with E-state index < -0.39 is 0 Å². The lowest BCUT2D eigenvalue weighted by Gasteiger charge is -2.14. The van der Waals surface area contributed by atoms with E-state index in [1.54, 1.807) is 30.3 Å². The summed E-state index contributed by atoms with van der Waals surface area (Å²) in [5.41, 5.74) is 5.23. The van der Waals surface area contributed by atoms with Crippen molar-refractivity contribution >= 4 is 23.2 Å². The summed E-state index contributed by atoms with van der Waals surface area (Å²) < 4.78 is 0. The summed E-state index contributed by atoms with van der Waals surface area (Å²) >= 11 is 0. The fourth-order valence-corrected chi connectivity index (χ4v) is 2.96. The van der Waals surface area contributed by atoms with Crippen LogP contribution in [-0.2, 0) is 0 Å². The Morgan fingerprint density at radius 2 is 1.37 bits per heavy atom. The largest absolute Gasteiger partial charge is 0.321 e. The first-order chi connectivity index (χ1) is 13.0. The number of anilines is 2. The average Bonchev–Trinajstić information content (AvgIpc) is 2.65. The van der Waals surface area contributed by atoms with Gasteiger partial charge in [-0.05, 0) is 56.2 Å². The van der Waals surface area contributed by atoms with Crippen molar-refractivity contribution in [1.29, 1.82) is 0 Å². The van der Waals surface area contributed by atoms with Crippen molar-refractivity contribution in [2.24, 2.45) is 0 Å². The fraction of sp³-hybridized carbons (Fsp3) is 0.130. The summed E-state index contributed by atoms with van der Waals surface area (Å²) in [5.74, 6) is -0.501. The van der Waals surface area contributed by atoms with E-state index in [4.69, 9.17) is 0 Å². The molecule has 2 N–H and O–H groups in total. The van der Waals surface area contributed by atoms with Crippen molar-refractivity contribution < 1.29 is 9.59 Å². The molecule has 0 bridgehead atoms. The van der Waals surface area contributed by atoms with Gasteiger partial charge in [0.2, 0.25) is 0 Å². The van der Waals surface area contributed by atoms with Crippen molar-refractivity contribution in [2.75, 3.05) is 10.6 Å². The molecule has 0 heterocycles. The van der Waals surface area contributed by atoms with E-state index in [0.717, 1.165) is 22.4 Å². The van der Waals surface area contributed by atoms with Crippen LogP contribution in [0.3, 0.4) is 0 Å². The summed E-state index contributed by atoms with van der Waals surface area (Å²) in [6.07, 6.45) is 0. The van der Waals surface area contributed by atoms with Gasteiger partial charge < -0.3 is 10.6 Å². The molecule has 0 fully saturated rings. The number of carbonyl (C=O) groups is 2. The molecule has 0 saturated carbocycles. The van der Waals surface area contributed by atoms with Gasteiger partial charge >= 0.3 is 0 Å². The molecule has 2 amide bonds. The standard InChI is InChI=1S/C23H22N2O2/c1-15-8-6-11-18(14-15)22(26)24-20-13-5-4-12-19(20)23(27)25-21-16(2)9-7-10-17(21)3/h4-14H,1-3H3,(H,24,26)(H,25,27). The number of aryl methyl sites for hydroxylation is 3. The minimum Gasteiger partial charge on any atom is -0.321 e. The predicted octanol–water partition coefficient (Wildman–Crippen LogP) is 5.12. The van der Waals surface area contributed by atoms with Crippen LogP contribution in [0.15, 0.2) is 66.7 Å². The number of hydrogen-bond acceptors (Lipinski definition) is 2. The molecule has 0 aliphatic carbocycles. The van der Waals surface area contributed by atoms with Gasteiger partial charge in [-0.1, -0.05) is 48.0 Å². The highest BCUT2D eigenvalue weighted by Crippen LogP contribution is 2.23. The quantitative estimate of drug-likeness (QED) is 0.680. The molecule has 27 heavy (non-hydrogen) atoms. The van der Waals surface area contributed by atoms with Gasteiger partial charge in [-0.15, -0.1) is 0 Å². The zero-order chi connectivity index (χ0) is 19.4. The Labute approximate surface area is 159 Å². The smallest absolute Gasteiger partial charge is 0.257 e. The van der Waals surface area contributed by atoms with Crippen LogP contribution < -0.4 is 10.6 Å². The lowest BCUT2D eigenvalue weighted by Crippen LogP contribution is -2.19. The summed E-state index contributed by atoms with van der Waals surface area (Å²) in [5, 5.41) is 5.82. The second-order valence-corrected chi connectivity index (χ2v) is 6.59. The van der Waals surface area contributed by atoms with Crippen LogP contribution in [-0.4, -0.2) is 11.8 Å². The number of benzene rings is 3. The third-order valence-corrected chi connectivity index (χ3v) is 4.42. The molecule has 3 rings (SSSR count). The SMILES string of the molecule is Cc1cccc(C(=O)Nc2ccccc2C(=O)Nc2c(C)cccc2C)c1. The summed E-state index contributed by atoms with van der Waals surface area (Å²) in [6, 6.07) is 20.2. The first kappa shape index (κ1) is 18.4. The molecule has 0 atom stereocenters. The predicted molar refractivity (Wildman–Crippen MR) is 109 cm³/mol. The fourth-order valence-electron chi connectivity index (χ4n) is 2.96. The third-order valence-electron chi connectivity index (χ3n) is 4.42. The second kappa shape index (κ2) is 7.87. The van der Waals surface area contributed by atoms with Crippen molar-refractivity contribution in [3.05, 3.63) is 94.5 Å². The molecule has 0 aliphatic heterocycles. The van der Waals surface area contributed by atoms with Gasteiger partial charge in [0.15, 0.2) is 0 Å². The Morgan fingerprint density at radius 3 is 2.07 bits per heavy atom. The van der Waals surface area contributed by atoms with Crippen LogP contribution in [0.4, 0.5) is 11.4 Å². The van der Waals surface area contributed by atoms with Gasteiger partial charge in [0, 0.05) is 11.3 Å². The number of carbonyl (C=O) groups excluding carboxylic acids is 2. The Kier molecular flexibility index (Phi) is 5.36.